The van der Waals surface area contributed by atoms with E-state index in [0.29, 0.717) is 5.92 Å². The second-order valence-corrected chi connectivity index (χ2v) is 7.71. The van der Waals surface area contributed by atoms with Crippen LogP contribution in [0.5, 0.6) is 0 Å². The normalized spacial score (nSPS) is 29.8. The van der Waals surface area contributed by atoms with Gasteiger partial charge in [0.25, 0.3) is 0 Å². The van der Waals surface area contributed by atoms with E-state index in [0.717, 1.165) is 25.8 Å². The average molecular weight is 293 g/mol. The van der Waals surface area contributed by atoms with Crippen molar-refractivity contribution in [3.63, 3.8) is 0 Å². The quantitative estimate of drug-likeness (QED) is 0.931. The van der Waals surface area contributed by atoms with Gasteiger partial charge in [0.15, 0.2) is 0 Å². The summed E-state index contributed by atoms with van der Waals surface area (Å²) in [6.45, 7) is 6.56. The first-order chi connectivity index (χ1) is 9.39. The minimum atomic E-state index is -0.796. The Balaban J connectivity index is 1.70. The molecule has 4 heteroatoms. The lowest BCUT2D eigenvalue weighted by molar-refractivity contribution is -0.138. The zero-order valence-corrected chi connectivity index (χ0v) is 13.2. The molecule has 110 valence electrons. The van der Waals surface area contributed by atoms with Gasteiger partial charge in [0.1, 0.15) is 0 Å². The molecule has 20 heavy (non-hydrogen) atoms. The summed E-state index contributed by atoms with van der Waals surface area (Å²) < 4.78 is 0. The van der Waals surface area contributed by atoms with Crippen molar-refractivity contribution in [1.82, 2.24) is 4.90 Å². The Kier molecular flexibility index (Phi) is 3.41. The number of carbonyl (C=O) groups excluding carboxylic acids is 1. The van der Waals surface area contributed by atoms with Gasteiger partial charge in [-0.1, -0.05) is 0 Å². The molecule has 1 amide bonds. The first kappa shape index (κ1) is 14.1. The molecule has 1 aromatic heterocycles. The van der Waals surface area contributed by atoms with E-state index >= 15 is 0 Å². The van der Waals surface area contributed by atoms with Gasteiger partial charge in [-0.15, -0.1) is 11.3 Å². The lowest BCUT2D eigenvalue weighted by atomic mass is 9.96. The van der Waals surface area contributed by atoms with Crippen LogP contribution in [0.15, 0.2) is 11.4 Å². The molecule has 3 nitrogen and oxygen atoms in total. The smallest absolute Gasteiger partial charge is 0.226 e. The molecule has 1 aliphatic heterocycles. The third kappa shape index (κ3) is 2.40. The molecule has 0 bridgehead atoms. The maximum Gasteiger partial charge on any atom is 0.226 e. The van der Waals surface area contributed by atoms with Gasteiger partial charge in [-0.25, -0.2) is 0 Å². The molecule has 0 aromatic carbocycles. The van der Waals surface area contributed by atoms with Gasteiger partial charge in [-0.3, -0.25) is 4.79 Å². The van der Waals surface area contributed by atoms with E-state index < -0.39 is 5.60 Å². The second-order valence-electron chi connectivity index (χ2n) is 6.76. The summed E-state index contributed by atoms with van der Waals surface area (Å²) in [6, 6.07) is 2.12. The van der Waals surface area contributed by atoms with Crippen molar-refractivity contribution in [3.8, 4) is 0 Å². The maximum absolute atomic E-state index is 12.7. The molecule has 2 heterocycles. The van der Waals surface area contributed by atoms with Crippen LogP contribution in [0.4, 0.5) is 0 Å². The minimum Gasteiger partial charge on any atom is -0.388 e. The van der Waals surface area contributed by atoms with Crippen LogP contribution in [0.2, 0.25) is 0 Å². The zero-order chi connectivity index (χ0) is 14.5. The SMILES string of the molecule is Cc1ccsc1[C@@H]1C[C@H]1C(=O)N1CCC[C@@H]1C(C)(C)O. The van der Waals surface area contributed by atoms with E-state index in [1.54, 1.807) is 11.3 Å². The monoisotopic (exact) mass is 293 g/mol. The van der Waals surface area contributed by atoms with E-state index in [4.69, 9.17) is 0 Å². The predicted molar refractivity (Wildman–Crippen MR) is 80.9 cm³/mol. The van der Waals surface area contributed by atoms with Crippen molar-refractivity contribution in [3.05, 3.63) is 21.9 Å². The van der Waals surface area contributed by atoms with E-state index in [1.165, 1.54) is 10.4 Å². The highest BCUT2D eigenvalue weighted by atomic mass is 32.1. The predicted octanol–water partition coefficient (Wildman–Crippen LogP) is 2.92. The average Bonchev–Trinajstić information content (AvgIpc) is 2.81. The Labute approximate surface area is 124 Å². The number of hydrogen-bond acceptors (Lipinski definition) is 3. The number of carbonyl (C=O) groups is 1. The number of amides is 1. The number of aryl methyl sites for hydroxylation is 1. The van der Waals surface area contributed by atoms with Gasteiger partial charge in [-0.05, 0) is 57.0 Å². The highest BCUT2D eigenvalue weighted by Gasteiger charge is 2.50. The van der Waals surface area contributed by atoms with Crippen LogP contribution in [0.3, 0.4) is 0 Å². The highest BCUT2D eigenvalue weighted by molar-refractivity contribution is 7.10. The molecule has 1 N–H and O–H groups in total. The molecule has 2 aliphatic rings. The van der Waals surface area contributed by atoms with Crippen molar-refractivity contribution in [1.29, 1.82) is 0 Å². The lowest BCUT2D eigenvalue weighted by Gasteiger charge is -2.34. The summed E-state index contributed by atoms with van der Waals surface area (Å²) in [5.41, 5.74) is 0.519. The molecule has 3 atom stereocenters. The summed E-state index contributed by atoms with van der Waals surface area (Å²) in [4.78, 5) is 16.0. The zero-order valence-electron chi connectivity index (χ0n) is 12.4. The number of nitrogens with zero attached hydrogens (tertiary/aromatic N) is 1. The van der Waals surface area contributed by atoms with E-state index in [9.17, 15) is 9.90 Å². The number of thiophene rings is 1. The van der Waals surface area contributed by atoms with Gasteiger partial charge in [0, 0.05) is 23.3 Å². The Morgan fingerprint density at radius 3 is 2.85 bits per heavy atom. The first-order valence-corrected chi connectivity index (χ1v) is 8.34. The van der Waals surface area contributed by atoms with Crippen LogP contribution in [0, 0.1) is 12.8 Å². The van der Waals surface area contributed by atoms with Crippen molar-refractivity contribution in [2.24, 2.45) is 5.92 Å². The molecule has 1 saturated carbocycles. The fourth-order valence-electron chi connectivity index (χ4n) is 3.50. The molecular formula is C16H23NO2S. The van der Waals surface area contributed by atoms with E-state index in [-0.39, 0.29) is 17.9 Å². The number of likely N-dealkylation sites (tertiary alicyclic amines) is 1. The summed E-state index contributed by atoms with van der Waals surface area (Å²) in [6.07, 6.45) is 2.91. The topological polar surface area (TPSA) is 40.5 Å². The standard InChI is InChI=1S/C16H23NO2S/c1-10-6-8-20-14(10)11-9-12(11)15(18)17-7-4-5-13(17)16(2,3)19/h6,8,11-13,19H,4-5,7,9H2,1-3H3/t11-,12-,13-/m1/s1. The molecule has 1 aromatic rings. The van der Waals surface area contributed by atoms with Crippen LogP contribution in [0.1, 0.15) is 49.5 Å². The number of rotatable bonds is 3. The van der Waals surface area contributed by atoms with Crippen molar-refractivity contribution in [2.75, 3.05) is 6.54 Å². The summed E-state index contributed by atoms with van der Waals surface area (Å²) >= 11 is 1.77. The van der Waals surface area contributed by atoms with Crippen molar-refractivity contribution in [2.45, 2.75) is 57.6 Å². The van der Waals surface area contributed by atoms with Gasteiger partial charge in [0.05, 0.1) is 11.6 Å². The van der Waals surface area contributed by atoms with Crippen LogP contribution in [0.25, 0.3) is 0 Å². The molecular weight excluding hydrogens is 270 g/mol. The highest BCUT2D eigenvalue weighted by Crippen LogP contribution is 2.52. The molecule has 1 saturated heterocycles. The lowest BCUT2D eigenvalue weighted by Crippen LogP contribution is -2.48. The molecule has 0 spiro atoms. The summed E-state index contributed by atoms with van der Waals surface area (Å²) in [7, 11) is 0. The Bertz CT molecular complexity index is 517. The fourth-order valence-corrected chi connectivity index (χ4v) is 4.61. The van der Waals surface area contributed by atoms with Gasteiger partial charge >= 0.3 is 0 Å². The number of aliphatic hydroxyl groups is 1. The van der Waals surface area contributed by atoms with Crippen LogP contribution >= 0.6 is 11.3 Å². The minimum absolute atomic E-state index is 0.0133. The van der Waals surface area contributed by atoms with Gasteiger partial charge in [-0.2, -0.15) is 0 Å². The fraction of sp³-hybridized carbons (Fsp3) is 0.688. The summed E-state index contributed by atoms with van der Waals surface area (Å²) in [5.74, 6) is 0.827. The van der Waals surface area contributed by atoms with Crippen molar-refractivity contribution < 1.29 is 9.90 Å². The third-order valence-electron chi connectivity index (χ3n) is 4.70. The Morgan fingerprint density at radius 2 is 2.25 bits per heavy atom. The summed E-state index contributed by atoms with van der Waals surface area (Å²) in [5, 5.41) is 12.4. The third-order valence-corrected chi connectivity index (χ3v) is 5.85. The Morgan fingerprint density at radius 1 is 1.50 bits per heavy atom. The second kappa shape index (κ2) is 4.85. The molecule has 0 radical (unpaired) electrons. The van der Waals surface area contributed by atoms with E-state index in [1.807, 2.05) is 18.7 Å². The molecule has 0 unspecified atom stereocenters. The van der Waals surface area contributed by atoms with Crippen LogP contribution < -0.4 is 0 Å². The van der Waals surface area contributed by atoms with Crippen molar-refractivity contribution >= 4 is 17.2 Å². The molecule has 1 aliphatic carbocycles. The molecule has 3 rings (SSSR count). The first-order valence-electron chi connectivity index (χ1n) is 7.46. The van der Waals surface area contributed by atoms with Crippen LogP contribution in [-0.2, 0) is 4.79 Å². The van der Waals surface area contributed by atoms with Crippen LogP contribution in [-0.4, -0.2) is 34.1 Å². The molecule has 2 fully saturated rings. The maximum atomic E-state index is 12.7. The van der Waals surface area contributed by atoms with Gasteiger partial charge in [0.2, 0.25) is 5.91 Å². The largest absolute Gasteiger partial charge is 0.388 e. The van der Waals surface area contributed by atoms with Gasteiger partial charge < -0.3 is 10.0 Å². The van der Waals surface area contributed by atoms with E-state index in [2.05, 4.69) is 18.4 Å². The Hall–Kier alpha value is -0.870. The number of hydrogen-bond donors (Lipinski definition) is 1.